The maximum atomic E-state index is 10.3. The maximum absolute atomic E-state index is 10.3. The van der Waals surface area contributed by atoms with E-state index in [1.165, 1.54) is 0 Å². The van der Waals surface area contributed by atoms with Gasteiger partial charge in [0, 0.05) is 0 Å². The van der Waals surface area contributed by atoms with Crippen LogP contribution >= 0.6 is 0 Å². The van der Waals surface area contributed by atoms with Crippen molar-refractivity contribution in [3.05, 3.63) is 71.8 Å². The van der Waals surface area contributed by atoms with Gasteiger partial charge in [-0.2, -0.15) is 0 Å². The summed E-state index contributed by atoms with van der Waals surface area (Å²) in [5, 5.41) is 29.9. The molecule has 0 spiro atoms. The lowest BCUT2D eigenvalue weighted by atomic mass is 9.98. The number of ether oxygens (including phenoxy) is 3. The van der Waals surface area contributed by atoms with Crippen molar-refractivity contribution >= 4 is 0 Å². The smallest absolute Gasteiger partial charge is 0.184 e. The summed E-state index contributed by atoms with van der Waals surface area (Å²) >= 11 is 0. The minimum atomic E-state index is -1.44. The third-order valence-corrected chi connectivity index (χ3v) is 4.38. The summed E-state index contributed by atoms with van der Waals surface area (Å²) in [6.07, 6.45) is -5.06. The second kappa shape index (κ2) is 9.23. The Kier molecular flexibility index (Phi) is 6.73. The molecule has 0 unspecified atom stereocenters. The van der Waals surface area contributed by atoms with Crippen molar-refractivity contribution in [3.63, 3.8) is 0 Å². The third-order valence-electron chi connectivity index (χ3n) is 4.38. The first kappa shape index (κ1) is 19.0. The molecule has 0 aromatic heterocycles. The molecule has 6 heteroatoms. The topological polar surface area (TPSA) is 88.4 Å². The zero-order valence-electron chi connectivity index (χ0n) is 14.3. The highest BCUT2D eigenvalue weighted by Gasteiger charge is 2.46. The van der Waals surface area contributed by atoms with Gasteiger partial charge in [-0.25, -0.2) is 0 Å². The van der Waals surface area contributed by atoms with Gasteiger partial charge in [0.25, 0.3) is 0 Å². The highest BCUT2D eigenvalue weighted by Crippen LogP contribution is 2.26. The maximum Gasteiger partial charge on any atom is 0.184 e. The van der Waals surface area contributed by atoms with Crippen molar-refractivity contribution < 1.29 is 29.5 Å². The number of aliphatic hydroxyl groups is 3. The molecule has 0 aliphatic carbocycles. The van der Waals surface area contributed by atoms with Crippen LogP contribution in [0.5, 0.6) is 0 Å². The Bertz CT molecular complexity index is 606. The standard InChI is InChI=1S/C20H24O6/c21-11-16-18(24-12-14-7-3-1-4-8-14)19(17(22)20(23)26-16)25-13-15-9-5-2-6-10-15/h1-10,16-23H,11-13H2/t16-,17-,18-,19-,20+/m1/s1. The fraction of sp³-hybridized carbons (Fsp3) is 0.400. The molecule has 140 valence electrons. The van der Waals surface area contributed by atoms with Crippen LogP contribution in [0.2, 0.25) is 0 Å². The zero-order valence-corrected chi connectivity index (χ0v) is 14.3. The normalized spacial score (nSPS) is 28.8. The molecule has 1 heterocycles. The lowest BCUT2D eigenvalue weighted by Crippen LogP contribution is -2.60. The molecular formula is C20H24O6. The van der Waals surface area contributed by atoms with Crippen LogP contribution in [0.3, 0.4) is 0 Å². The first-order valence-electron chi connectivity index (χ1n) is 8.62. The second-order valence-corrected chi connectivity index (χ2v) is 6.26. The van der Waals surface area contributed by atoms with Crippen molar-refractivity contribution in [2.45, 2.75) is 43.9 Å². The predicted molar refractivity (Wildman–Crippen MR) is 94.0 cm³/mol. The van der Waals surface area contributed by atoms with E-state index < -0.39 is 30.7 Å². The molecule has 0 saturated carbocycles. The van der Waals surface area contributed by atoms with Gasteiger partial charge >= 0.3 is 0 Å². The van der Waals surface area contributed by atoms with E-state index in [9.17, 15) is 15.3 Å². The first-order valence-corrected chi connectivity index (χ1v) is 8.62. The van der Waals surface area contributed by atoms with Crippen LogP contribution in [0.4, 0.5) is 0 Å². The van der Waals surface area contributed by atoms with Crippen molar-refractivity contribution in [2.75, 3.05) is 6.61 Å². The van der Waals surface area contributed by atoms with Gasteiger partial charge in [-0.15, -0.1) is 0 Å². The number of hydrogen-bond donors (Lipinski definition) is 3. The van der Waals surface area contributed by atoms with Gasteiger partial charge in [-0.05, 0) is 11.1 Å². The first-order chi connectivity index (χ1) is 12.7. The number of hydrogen-bond acceptors (Lipinski definition) is 6. The Hall–Kier alpha value is -1.80. The molecule has 3 N–H and O–H groups in total. The van der Waals surface area contributed by atoms with E-state index in [0.717, 1.165) is 11.1 Å². The van der Waals surface area contributed by atoms with E-state index >= 15 is 0 Å². The fourth-order valence-electron chi connectivity index (χ4n) is 2.98. The predicted octanol–water partition coefficient (Wildman–Crippen LogP) is 1.23. The summed E-state index contributed by atoms with van der Waals surface area (Å²) in [5.74, 6) is 0. The largest absolute Gasteiger partial charge is 0.394 e. The Morgan fingerprint density at radius 1 is 0.769 bits per heavy atom. The average molecular weight is 360 g/mol. The van der Waals surface area contributed by atoms with E-state index in [1.807, 2.05) is 60.7 Å². The van der Waals surface area contributed by atoms with Crippen LogP contribution in [0, 0.1) is 0 Å². The van der Waals surface area contributed by atoms with Crippen LogP contribution < -0.4 is 0 Å². The molecule has 0 radical (unpaired) electrons. The molecule has 26 heavy (non-hydrogen) atoms. The molecule has 5 atom stereocenters. The molecule has 1 aliphatic heterocycles. The van der Waals surface area contributed by atoms with Gasteiger partial charge in [0.2, 0.25) is 0 Å². The van der Waals surface area contributed by atoms with Crippen molar-refractivity contribution in [2.24, 2.45) is 0 Å². The van der Waals surface area contributed by atoms with Crippen LogP contribution in [-0.2, 0) is 27.4 Å². The monoisotopic (exact) mass is 360 g/mol. The van der Waals surface area contributed by atoms with Crippen molar-refractivity contribution in [3.8, 4) is 0 Å². The molecule has 0 bridgehead atoms. The molecule has 2 aromatic rings. The number of benzene rings is 2. The Morgan fingerprint density at radius 3 is 1.77 bits per heavy atom. The Balaban J connectivity index is 1.71. The summed E-state index contributed by atoms with van der Waals surface area (Å²) in [6, 6.07) is 19.1. The average Bonchev–Trinajstić information content (AvgIpc) is 2.69. The summed E-state index contributed by atoms with van der Waals surface area (Å²) in [4.78, 5) is 0. The highest BCUT2D eigenvalue weighted by atomic mass is 16.7. The van der Waals surface area contributed by atoms with Gasteiger partial charge in [-0.1, -0.05) is 60.7 Å². The van der Waals surface area contributed by atoms with Crippen molar-refractivity contribution in [1.82, 2.24) is 0 Å². The minimum Gasteiger partial charge on any atom is -0.394 e. The molecular weight excluding hydrogens is 336 g/mol. The van der Waals surface area contributed by atoms with Crippen molar-refractivity contribution in [1.29, 1.82) is 0 Å². The molecule has 1 fully saturated rings. The van der Waals surface area contributed by atoms with E-state index in [-0.39, 0.29) is 19.8 Å². The third kappa shape index (κ3) is 4.67. The van der Waals surface area contributed by atoms with Gasteiger partial charge in [0.05, 0.1) is 19.8 Å². The van der Waals surface area contributed by atoms with E-state index in [4.69, 9.17) is 14.2 Å². The molecule has 0 amide bonds. The van der Waals surface area contributed by atoms with E-state index in [0.29, 0.717) is 0 Å². The van der Waals surface area contributed by atoms with Crippen LogP contribution in [0.1, 0.15) is 11.1 Å². The summed E-state index contributed by atoms with van der Waals surface area (Å²) < 4.78 is 17.1. The lowest BCUT2D eigenvalue weighted by molar-refractivity contribution is -0.305. The Labute approximate surface area is 152 Å². The zero-order chi connectivity index (χ0) is 18.4. The minimum absolute atomic E-state index is 0.249. The van der Waals surface area contributed by atoms with Crippen LogP contribution in [0.25, 0.3) is 0 Å². The van der Waals surface area contributed by atoms with Gasteiger partial charge in [-0.3, -0.25) is 0 Å². The summed E-state index contributed by atoms with van der Waals surface area (Å²) in [6.45, 7) is 0.173. The lowest BCUT2D eigenvalue weighted by Gasteiger charge is -2.42. The number of rotatable bonds is 7. The fourth-order valence-corrected chi connectivity index (χ4v) is 2.98. The van der Waals surface area contributed by atoms with Crippen LogP contribution in [-0.4, -0.2) is 52.6 Å². The Morgan fingerprint density at radius 2 is 1.27 bits per heavy atom. The van der Waals surface area contributed by atoms with E-state index in [1.54, 1.807) is 0 Å². The second-order valence-electron chi connectivity index (χ2n) is 6.26. The summed E-state index contributed by atoms with van der Waals surface area (Å²) in [7, 11) is 0. The molecule has 1 saturated heterocycles. The van der Waals surface area contributed by atoms with Crippen LogP contribution in [0.15, 0.2) is 60.7 Å². The quantitative estimate of drug-likeness (QED) is 0.688. The van der Waals surface area contributed by atoms with E-state index in [2.05, 4.69) is 0 Å². The number of aliphatic hydroxyl groups excluding tert-OH is 3. The summed E-state index contributed by atoms with van der Waals surface area (Å²) in [5.41, 5.74) is 1.88. The van der Waals surface area contributed by atoms with Gasteiger partial charge < -0.3 is 29.5 Å². The molecule has 6 nitrogen and oxygen atoms in total. The highest BCUT2D eigenvalue weighted by molar-refractivity contribution is 5.14. The SMILES string of the molecule is OC[C@H]1O[C@H](O)[C@H](O)[C@@H](OCc2ccccc2)[C@@H]1OCc1ccccc1. The van der Waals surface area contributed by atoms with Gasteiger partial charge in [0.15, 0.2) is 6.29 Å². The van der Waals surface area contributed by atoms with Gasteiger partial charge in [0.1, 0.15) is 24.4 Å². The molecule has 2 aromatic carbocycles. The molecule has 3 rings (SSSR count). The molecule has 1 aliphatic rings.